The van der Waals surface area contributed by atoms with Crippen molar-refractivity contribution in [3.05, 3.63) is 23.0 Å². The van der Waals surface area contributed by atoms with Crippen LogP contribution in [0.25, 0.3) is 11.1 Å². The summed E-state index contributed by atoms with van der Waals surface area (Å²) in [5.41, 5.74) is 8.86. The third kappa shape index (κ3) is 4.11. The molecule has 1 atom stereocenters. The third-order valence-corrected chi connectivity index (χ3v) is 5.37. The van der Waals surface area contributed by atoms with E-state index in [1.165, 1.54) is 0 Å². The van der Waals surface area contributed by atoms with E-state index < -0.39 is 0 Å². The number of hydrogen-bond donors (Lipinski definition) is 1. The number of halogens is 1. The van der Waals surface area contributed by atoms with Gasteiger partial charge in [0.05, 0.1) is 16.6 Å². The molecule has 2 aromatic rings. The van der Waals surface area contributed by atoms with Crippen LogP contribution in [0.15, 0.2) is 10.6 Å². The normalized spacial score (nSPS) is 20.1. The van der Waals surface area contributed by atoms with E-state index >= 15 is 0 Å². The van der Waals surface area contributed by atoms with Gasteiger partial charge in [-0.25, -0.2) is 4.98 Å². The van der Waals surface area contributed by atoms with Crippen LogP contribution < -0.4 is 5.73 Å². The molecule has 6 nitrogen and oxygen atoms in total. The van der Waals surface area contributed by atoms with E-state index in [4.69, 9.17) is 10.3 Å². The first-order valence-electron chi connectivity index (χ1n) is 9.64. The SMILES string of the molecule is CC(C)(C)Cc1noc2nc(C3CC3)cc(C(=O)N3CCC(CN)C3)c12.Cl. The summed E-state index contributed by atoms with van der Waals surface area (Å²) >= 11 is 0. The highest BCUT2D eigenvalue weighted by atomic mass is 35.5. The van der Waals surface area contributed by atoms with Gasteiger partial charge in [-0.05, 0) is 49.6 Å². The summed E-state index contributed by atoms with van der Waals surface area (Å²) in [4.78, 5) is 19.9. The number of hydrogen-bond acceptors (Lipinski definition) is 5. The van der Waals surface area contributed by atoms with Crippen LogP contribution in [0.3, 0.4) is 0 Å². The van der Waals surface area contributed by atoms with E-state index in [9.17, 15) is 4.79 Å². The minimum atomic E-state index is 0. The fraction of sp³-hybridized carbons (Fsp3) is 0.650. The van der Waals surface area contributed by atoms with Crippen LogP contribution in [0.5, 0.6) is 0 Å². The lowest BCUT2D eigenvalue weighted by atomic mass is 9.89. The van der Waals surface area contributed by atoms with Gasteiger partial charge in [0.2, 0.25) is 0 Å². The summed E-state index contributed by atoms with van der Waals surface area (Å²) in [6.07, 6.45) is 3.99. The molecule has 1 aliphatic heterocycles. The molecule has 1 unspecified atom stereocenters. The molecule has 2 aliphatic rings. The molecule has 148 valence electrons. The van der Waals surface area contributed by atoms with Crippen LogP contribution in [0.4, 0.5) is 0 Å². The molecule has 0 spiro atoms. The van der Waals surface area contributed by atoms with Crippen LogP contribution >= 0.6 is 12.4 Å². The van der Waals surface area contributed by atoms with Gasteiger partial charge < -0.3 is 15.2 Å². The molecule has 1 aliphatic carbocycles. The number of likely N-dealkylation sites (tertiary alicyclic amines) is 1. The lowest BCUT2D eigenvalue weighted by molar-refractivity contribution is 0.0789. The lowest BCUT2D eigenvalue weighted by Crippen LogP contribution is -2.30. The Hall–Kier alpha value is -1.66. The topological polar surface area (TPSA) is 85.2 Å². The number of carbonyl (C=O) groups excluding carboxylic acids is 1. The Morgan fingerprint density at radius 3 is 2.67 bits per heavy atom. The predicted octanol–water partition coefficient (Wildman–Crippen LogP) is 3.53. The first-order chi connectivity index (χ1) is 12.4. The highest BCUT2D eigenvalue weighted by Crippen LogP contribution is 2.41. The van der Waals surface area contributed by atoms with Crippen molar-refractivity contribution in [1.82, 2.24) is 15.0 Å². The molecule has 7 heteroatoms. The van der Waals surface area contributed by atoms with Crippen LogP contribution in [-0.2, 0) is 6.42 Å². The summed E-state index contributed by atoms with van der Waals surface area (Å²) < 4.78 is 5.56. The fourth-order valence-electron chi connectivity index (χ4n) is 3.79. The largest absolute Gasteiger partial charge is 0.338 e. The molecular formula is C20H29ClN4O2. The molecule has 2 fully saturated rings. The second-order valence-corrected chi connectivity index (χ2v) is 9.06. The molecule has 2 aromatic heterocycles. The Morgan fingerprint density at radius 1 is 1.33 bits per heavy atom. The van der Waals surface area contributed by atoms with Crippen molar-refractivity contribution in [2.24, 2.45) is 17.1 Å². The zero-order valence-electron chi connectivity index (χ0n) is 16.3. The van der Waals surface area contributed by atoms with Crippen LogP contribution in [0.2, 0.25) is 0 Å². The van der Waals surface area contributed by atoms with Crippen molar-refractivity contribution >= 4 is 29.4 Å². The highest BCUT2D eigenvalue weighted by Gasteiger charge is 2.33. The summed E-state index contributed by atoms with van der Waals surface area (Å²) in [5, 5.41) is 5.07. The maximum absolute atomic E-state index is 13.3. The Morgan fingerprint density at radius 2 is 2.07 bits per heavy atom. The molecule has 2 N–H and O–H groups in total. The molecule has 27 heavy (non-hydrogen) atoms. The molecule has 0 bridgehead atoms. The molecule has 0 aromatic carbocycles. The maximum atomic E-state index is 13.3. The number of amides is 1. The molecule has 1 saturated heterocycles. The summed E-state index contributed by atoms with van der Waals surface area (Å²) in [6, 6.07) is 1.99. The van der Waals surface area contributed by atoms with E-state index in [0.29, 0.717) is 29.7 Å². The fourth-order valence-corrected chi connectivity index (χ4v) is 3.79. The zero-order chi connectivity index (χ0) is 18.5. The monoisotopic (exact) mass is 392 g/mol. The van der Waals surface area contributed by atoms with Crippen molar-refractivity contribution in [2.45, 2.75) is 52.4 Å². The maximum Gasteiger partial charge on any atom is 0.259 e. The number of rotatable bonds is 4. The van der Waals surface area contributed by atoms with Gasteiger partial charge in [0.15, 0.2) is 0 Å². The van der Waals surface area contributed by atoms with Gasteiger partial charge in [0.1, 0.15) is 0 Å². The molecule has 1 amide bonds. The Balaban J connectivity index is 0.00000210. The van der Waals surface area contributed by atoms with Crippen LogP contribution in [0.1, 0.15) is 67.7 Å². The van der Waals surface area contributed by atoms with Crippen molar-refractivity contribution in [2.75, 3.05) is 19.6 Å². The molecule has 3 heterocycles. The van der Waals surface area contributed by atoms with Gasteiger partial charge in [-0.2, -0.15) is 0 Å². The smallest absolute Gasteiger partial charge is 0.259 e. The Bertz CT molecular complexity index is 838. The van der Waals surface area contributed by atoms with Gasteiger partial charge in [0, 0.05) is 24.7 Å². The highest BCUT2D eigenvalue weighted by molar-refractivity contribution is 6.06. The minimum Gasteiger partial charge on any atom is -0.338 e. The van der Waals surface area contributed by atoms with Crippen molar-refractivity contribution < 1.29 is 9.32 Å². The quantitative estimate of drug-likeness (QED) is 0.860. The van der Waals surface area contributed by atoms with Crippen LogP contribution in [0, 0.1) is 11.3 Å². The van der Waals surface area contributed by atoms with E-state index in [-0.39, 0.29) is 23.7 Å². The number of aromatic nitrogens is 2. The summed E-state index contributed by atoms with van der Waals surface area (Å²) in [7, 11) is 0. The second kappa shape index (κ2) is 7.40. The zero-order valence-corrected chi connectivity index (χ0v) is 17.1. The van der Waals surface area contributed by atoms with E-state index in [1.807, 2.05) is 11.0 Å². The first kappa shape index (κ1) is 20.1. The average Bonchev–Trinajstić information content (AvgIpc) is 3.20. The number of pyridine rings is 1. The van der Waals surface area contributed by atoms with E-state index in [2.05, 4.69) is 30.9 Å². The number of nitrogens with two attached hydrogens (primary N) is 1. The number of nitrogens with zero attached hydrogens (tertiary/aromatic N) is 3. The first-order valence-corrected chi connectivity index (χ1v) is 9.64. The minimum absolute atomic E-state index is 0. The van der Waals surface area contributed by atoms with Gasteiger partial charge in [0.25, 0.3) is 11.6 Å². The third-order valence-electron chi connectivity index (χ3n) is 5.37. The predicted molar refractivity (Wildman–Crippen MR) is 107 cm³/mol. The van der Waals surface area contributed by atoms with Crippen molar-refractivity contribution in [3.8, 4) is 0 Å². The molecule has 4 rings (SSSR count). The Kier molecular flexibility index (Phi) is 5.50. The van der Waals surface area contributed by atoms with Crippen LogP contribution in [-0.4, -0.2) is 40.6 Å². The van der Waals surface area contributed by atoms with Gasteiger partial charge in [-0.3, -0.25) is 4.79 Å². The molecule has 1 saturated carbocycles. The standard InChI is InChI=1S/C20H28N4O2.ClH/c1-20(2,3)9-16-17-14(19(25)24-7-6-12(10-21)11-24)8-15(13-4-5-13)22-18(17)26-23-16;/h8,12-13H,4-7,9-11,21H2,1-3H3;1H. The summed E-state index contributed by atoms with van der Waals surface area (Å²) in [6.45, 7) is 8.61. The van der Waals surface area contributed by atoms with E-state index in [1.54, 1.807) is 0 Å². The van der Waals surface area contributed by atoms with Crippen molar-refractivity contribution in [3.63, 3.8) is 0 Å². The second-order valence-electron chi connectivity index (χ2n) is 9.06. The average molecular weight is 393 g/mol. The van der Waals surface area contributed by atoms with Gasteiger partial charge in [-0.1, -0.05) is 25.9 Å². The van der Waals surface area contributed by atoms with E-state index in [0.717, 1.165) is 55.5 Å². The number of fused-ring (bicyclic) bond motifs is 1. The lowest BCUT2D eigenvalue weighted by Gasteiger charge is -2.19. The van der Waals surface area contributed by atoms with Gasteiger partial charge >= 0.3 is 0 Å². The van der Waals surface area contributed by atoms with Gasteiger partial charge in [-0.15, -0.1) is 12.4 Å². The molecular weight excluding hydrogens is 364 g/mol. The summed E-state index contributed by atoms with van der Waals surface area (Å²) in [5.74, 6) is 0.918. The Labute approximate surface area is 166 Å². The molecule has 0 radical (unpaired) electrons. The number of carbonyl (C=O) groups is 1. The van der Waals surface area contributed by atoms with Crippen molar-refractivity contribution in [1.29, 1.82) is 0 Å².